The summed E-state index contributed by atoms with van der Waals surface area (Å²) < 4.78 is 8.06. The Bertz CT molecular complexity index is 1230. The topological polar surface area (TPSA) is 47.3 Å². The summed E-state index contributed by atoms with van der Waals surface area (Å²) >= 11 is 0. The molecule has 0 spiro atoms. The lowest BCUT2D eigenvalue weighted by Crippen LogP contribution is -2.36. The minimum absolute atomic E-state index is 0.238. The zero-order valence-electron chi connectivity index (χ0n) is 19.5. The van der Waals surface area contributed by atoms with Crippen molar-refractivity contribution in [2.75, 3.05) is 6.61 Å². The van der Waals surface area contributed by atoms with Gasteiger partial charge in [0.15, 0.2) is 0 Å². The maximum Gasteiger partial charge on any atom is 0.121 e. The SMILES string of the molecule is Oc1ccc(OCCCc2cn(C(c3ccccc3)(c3ccccc3)c3ccccc3)cn2)cc1. The number of phenolic OH excluding ortho intramolecular Hbond substituents is 1. The lowest BCUT2D eigenvalue weighted by Gasteiger charge is -2.37. The number of benzene rings is 4. The number of hydrogen-bond acceptors (Lipinski definition) is 3. The van der Waals surface area contributed by atoms with Gasteiger partial charge < -0.3 is 14.4 Å². The molecule has 1 N–H and O–H groups in total. The van der Waals surface area contributed by atoms with Gasteiger partial charge in [-0.2, -0.15) is 0 Å². The van der Waals surface area contributed by atoms with E-state index in [1.807, 2.05) is 6.33 Å². The van der Waals surface area contributed by atoms with Crippen LogP contribution in [0.4, 0.5) is 0 Å². The highest BCUT2D eigenvalue weighted by atomic mass is 16.5. The molecule has 174 valence electrons. The summed E-state index contributed by atoms with van der Waals surface area (Å²) in [5, 5.41) is 9.43. The number of rotatable bonds is 9. The molecule has 5 rings (SSSR count). The molecule has 4 nitrogen and oxygen atoms in total. The summed E-state index contributed by atoms with van der Waals surface area (Å²) in [5.41, 5.74) is 4.01. The Morgan fingerprint density at radius 2 is 1.20 bits per heavy atom. The van der Waals surface area contributed by atoms with Gasteiger partial charge in [0.2, 0.25) is 0 Å². The van der Waals surface area contributed by atoms with E-state index < -0.39 is 5.54 Å². The van der Waals surface area contributed by atoms with E-state index >= 15 is 0 Å². The van der Waals surface area contributed by atoms with E-state index in [4.69, 9.17) is 9.72 Å². The lowest BCUT2D eigenvalue weighted by atomic mass is 9.77. The Morgan fingerprint density at radius 3 is 1.71 bits per heavy atom. The van der Waals surface area contributed by atoms with Gasteiger partial charge in [0, 0.05) is 6.20 Å². The first-order chi connectivity index (χ1) is 17.3. The number of hydrogen-bond donors (Lipinski definition) is 1. The van der Waals surface area contributed by atoms with Crippen LogP contribution in [0.1, 0.15) is 28.8 Å². The molecule has 0 atom stereocenters. The molecule has 4 aromatic carbocycles. The Morgan fingerprint density at radius 1 is 0.686 bits per heavy atom. The fraction of sp³-hybridized carbons (Fsp3) is 0.129. The largest absolute Gasteiger partial charge is 0.508 e. The van der Waals surface area contributed by atoms with E-state index in [-0.39, 0.29) is 5.75 Å². The third-order valence-corrected chi connectivity index (χ3v) is 6.28. The maximum atomic E-state index is 9.43. The second-order valence-electron chi connectivity index (χ2n) is 8.53. The summed E-state index contributed by atoms with van der Waals surface area (Å²) in [6, 6.07) is 38.6. The number of aromatic hydroxyl groups is 1. The number of ether oxygens (including phenoxy) is 1. The molecule has 0 radical (unpaired) electrons. The van der Waals surface area contributed by atoms with E-state index in [9.17, 15) is 5.11 Å². The van der Waals surface area contributed by atoms with Gasteiger partial charge in [-0.15, -0.1) is 0 Å². The fourth-order valence-corrected chi connectivity index (χ4v) is 4.65. The van der Waals surface area contributed by atoms with Gasteiger partial charge >= 0.3 is 0 Å². The molecule has 0 aliphatic carbocycles. The number of aromatic nitrogens is 2. The van der Waals surface area contributed by atoms with E-state index in [0.717, 1.165) is 24.3 Å². The molecule has 5 aromatic rings. The van der Waals surface area contributed by atoms with Crippen LogP contribution in [0.15, 0.2) is 128 Å². The van der Waals surface area contributed by atoms with Crippen molar-refractivity contribution in [1.82, 2.24) is 9.55 Å². The molecule has 0 saturated carbocycles. The summed E-state index contributed by atoms with van der Waals surface area (Å²) in [6.45, 7) is 0.582. The maximum absolute atomic E-state index is 9.43. The molecule has 0 saturated heterocycles. The predicted octanol–water partition coefficient (Wildman–Crippen LogP) is 6.44. The van der Waals surface area contributed by atoms with Gasteiger partial charge in [-0.05, 0) is 53.8 Å². The highest BCUT2D eigenvalue weighted by Gasteiger charge is 2.38. The van der Waals surface area contributed by atoms with Gasteiger partial charge in [-0.25, -0.2) is 4.98 Å². The van der Waals surface area contributed by atoms with Crippen molar-refractivity contribution < 1.29 is 9.84 Å². The van der Waals surface area contributed by atoms with Crippen molar-refractivity contribution in [1.29, 1.82) is 0 Å². The third kappa shape index (κ3) is 4.69. The Labute approximate surface area is 206 Å². The standard InChI is InChI=1S/C31H28N2O2/c34-29-18-20-30(21-19-29)35-22-10-17-28-23-33(24-32-28)31(25-11-4-1-5-12-25,26-13-6-2-7-14-26)27-15-8-3-9-16-27/h1-9,11-16,18-21,23-24,34H,10,17,22H2. The first-order valence-electron chi connectivity index (χ1n) is 11.9. The number of aryl methyl sites for hydroxylation is 1. The third-order valence-electron chi connectivity index (χ3n) is 6.28. The van der Waals surface area contributed by atoms with Gasteiger partial charge in [0.05, 0.1) is 18.6 Å². The van der Waals surface area contributed by atoms with Crippen LogP contribution in [0.3, 0.4) is 0 Å². The molecule has 0 aliphatic rings. The zero-order valence-corrected chi connectivity index (χ0v) is 19.5. The van der Waals surface area contributed by atoms with Crippen LogP contribution in [-0.4, -0.2) is 21.3 Å². The molecule has 4 heteroatoms. The van der Waals surface area contributed by atoms with Crippen molar-refractivity contribution in [3.63, 3.8) is 0 Å². The molecule has 0 fully saturated rings. The van der Waals surface area contributed by atoms with E-state index in [2.05, 4.69) is 102 Å². The Balaban J connectivity index is 1.47. The molecule has 0 unspecified atom stereocenters. The quantitative estimate of drug-likeness (QED) is 0.203. The van der Waals surface area contributed by atoms with Crippen LogP contribution in [0.25, 0.3) is 0 Å². The second kappa shape index (κ2) is 10.3. The number of nitrogens with zero attached hydrogens (tertiary/aromatic N) is 2. The van der Waals surface area contributed by atoms with Gasteiger partial charge in [-0.3, -0.25) is 0 Å². The first kappa shape index (κ1) is 22.5. The summed E-state index contributed by atoms with van der Waals surface area (Å²) in [7, 11) is 0. The summed E-state index contributed by atoms with van der Waals surface area (Å²) in [5.74, 6) is 0.992. The second-order valence-corrected chi connectivity index (χ2v) is 8.53. The van der Waals surface area contributed by atoms with Crippen LogP contribution < -0.4 is 4.74 Å². The molecular formula is C31H28N2O2. The molecule has 1 aromatic heterocycles. The van der Waals surface area contributed by atoms with E-state index in [1.54, 1.807) is 24.3 Å². The Hall–Kier alpha value is -4.31. The fourth-order valence-electron chi connectivity index (χ4n) is 4.65. The number of phenols is 1. The van der Waals surface area contributed by atoms with Gasteiger partial charge in [0.1, 0.15) is 17.0 Å². The van der Waals surface area contributed by atoms with Crippen LogP contribution >= 0.6 is 0 Å². The summed E-state index contributed by atoms with van der Waals surface area (Å²) in [4.78, 5) is 4.79. The minimum Gasteiger partial charge on any atom is -0.508 e. The highest BCUT2D eigenvalue weighted by molar-refractivity contribution is 5.50. The smallest absolute Gasteiger partial charge is 0.121 e. The molecule has 0 bridgehead atoms. The van der Waals surface area contributed by atoms with E-state index in [1.165, 1.54) is 16.7 Å². The normalized spacial score (nSPS) is 11.3. The van der Waals surface area contributed by atoms with Gasteiger partial charge in [-0.1, -0.05) is 91.0 Å². The Kier molecular flexibility index (Phi) is 6.62. The van der Waals surface area contributed by atoms with Gasteiger partial charge in [0.25, 0.3) is 0 Å². The molecule has 0 aliphatic heterocycles. The van der Waals surface area contributed by atoms with Crippen molar-refractivity contribution in [2.45, 2.75) is 18.4 Å². The van der Waals surface area contributed by atoms with E-state index in [0.29, 0.717) is 6.61 Å². The molecule has 1 heterocycles. The molecular weight excluding hydrogens is 432 g/mol. The average Bonchev–Trinajstić information content (AvgIpc) is 3.39. The number of imidazole rings is 1. The van der Waals surface area contributed by atoms with Crippen LogP contribution in [0, 0.1) is 0 Å². The van der Waals surface area contributed by atoms with Crippen molar-refractivity contribution in [2.24, 2.45) is 0 Å². The molecule has 0 amide bonds. The monoisotopic (exact) mass is 460 g/mol. The molecule has 35 heavy (non-hydrogen) atoms. The predicted molar refractivity (Wildman–Crippen MR) is 139 cm³/mol. The van der Waals surface area contributed by atoms with Crippen LogP contribution in [0.2, 0.25) is 0 Å². The first-order valence-corrected chi connectivity index (χ1v) is 11.9. The van der Waals surface area contributed by atoms with Crippen molar-refractivity contribution >= 4 is 0 Å². The zero-order chi connectivity index (χ0) is 23.9. The summed E-state index contributed by atoms with van der Waals surface area (Å²) in [6.07, 6.45) is 5.75. The lowest BCUT2D eigenvalue weighted by molar-refractivity contribution is 0.310. The van der Waals surface area contributed by atoms with Crippen molar-refractivity contribution in [3.05, 3.63) is 150 Å². The van der Waals surface area contributed by atoms with Crippen molar-refractivity contribution in [3.8, 4) is 11.5 Å². The minimum atomic E-state index is -0.544. The average molecular weight is 461 g/mol. The van der Waals surface area contributed by atoms with Crippen LogP contribution in [0.5, 0.6) is 11.5 Å². The van der Waals surface area contributed by atoms with Crippen LogP contribution in [-0.2, 0) is 12.0 Å². The highest BCUT2D eigenvalue weighted by Crippen LogP contribution is 2.40.